The molecule has 0 fully saturated rings. The first kappa shape index (κ1) is 21.8. The van der Waals surface area contributed by atoms with Crippen LogP contribution in [-0.4, -0.2) is 23.0 Å². The number of esters is 1. The van der Waals surface area contributed by atoms with Crippen molar-refractivity contribution in [3.63, 3.8) is 0 Å². The van der Waals surface area contributed by atoms with E-state index in [-0.39, 0.29) is 16.4 Å². The number of benzene rings is 2. The first-order valence-electron chi connectivity index (χ1n) is 9.72. The molecule has 0 saturated carbocycles. The molecule has 2 heterocycles. The van der Waals surface area contributed by atoms with E-state index >= 15 is 0 Å². The van der Waals surface area contributed by atoms with E-state index in [4.69, 9.17) is 21.1 Å². The minimum Gasteiger partial charge on any atom is -0.489 e. The molecule has 0 bridgehead atoms. The number of carbonyl (C=O) groups excluding carboxylic acids is 1. The summed E-state index contributed by atoms with van der Waals surface area (Å²) in [4.78, 5) is 32.4. The van der Waals surface area contributed by atoms with Crippen LogP contribution < -0.4 is 10.3 Å². The number of aromatic nitrogens is 2. The molecular formula is C24H19ClN2O4S. The standard InChI is InChI=1S/C24H19ClN2O4S/c1-14-19-22(28)26-21(27-23(19)32-20(14)24(29)30-2)18(25)12-15-8-10-17(11-9-15)31-13-16-6-4-3-5-7-16/h3-12H,13H2,1-2H3,(H,26,27,28)/b18-12-. The number of rotatable bonds is 6. The average Bonchev–Trinajstić information content (AvgIpc) is 3.15. The van der Waals surface area contributed by atoms with Crippen LogP contribution in [0.3, 0.4) is 0 Å². The Morgan fingerprint density at radius 1 is 1.16 bits per heavy atom. The number of halogens is 1. The molecule has 0 spiro atoms. The maximum Gasteiger partial charge on any atom is 0.348 e. The molecule has 6 nitrogen and oxygen atoms in total. The number of H-pyrrole nitrogens is 1. The lowest BCUT2D eigenvalue weighted by Gasteiger charge is -2.06. The number of fused-ring (bicyclic) bond motifs is 1. The highest BCUT2D eigenvalue weighted by Gasteiger charge is 2.20. The van der Waals surface area contributed by atoms with Crippen molar-refractivity contribution in [2.75, 3.05) is 7.11 Å². The van der Waals surface area contributed by atoms with Gasteiger partial charge in [0.1, 0.15) is 22.1 Å². The maximum absolute atomic E-state index is 12.6. The van der Waals surface area contributed by atoms with Gasteiger partial charge in [-0.3, -0.25) is 4.79 Å². The van der Waals surface area contributed by atoms with Crippen molar-refractivity contribution in [2.45, 2.75) is 13.5 Å². The van der Waals surface area contributed by atoms with Gasteiger partial charge in [-0.1, -0.05) is 54.1 Å². The molecule has 0 aliphatic heterocycles. The lowest BCUT2D eigenvalue weighted by molar-refractivity contribution is 0.0605. The minimum atomic E-state index is -0.498. The number of aromatic amines is 1. The molecule has 4 aromatic rings. The van der Waals surface area contributed by atoms with E-state index < -0.39 is 5.97 Å². The number of ether oxygens (including phenoxy) is 2. The van der Waals surface area contributed by atoms with Crippen molar-refractivity contribution in [2.24, 2.45) is 0 Å². The van der Waals surface area contributed by atoms with Crippen molar-refractivity contribution < 1.29 is 14.3 Å². The number of hydrogen-bond acceptors (Lipinski definition) is 6. The summed E-state index contributed by atoms with van der Waals surface area (Å²) < 4.78 is 10.6. The van der Waals surface area contributed by atoms with E-state index in [0.29, 0.717) is 27.3 Å². The summed E-state index contributed by atoms with van der Waals surface area (Å²) in [6, 6.07) is 17.3. The zero-order valence-electron chi connectivity index (χ0n) is 17.3. The van der Waals surface area contributed by atoms with Gasteiger partial charge in [-0.05, 0) is 41.8 Å². The fourth-order valence-electron chi connectivity index (χ4n) is 3.16. The molecule has 32 heavy (non-hydrogen) atoms. The molecule has 0 unspecified atom stereocenters. The van der Waals surface area contributed by atoms with Gasteiger partial charge in [-0.2, -0.15) is 0 Å². The molecule has 0 saturated heterocycles. The summed E-state index contributed by atoms with van der Waals surface area (Å²) >= 11 is 7.55. The number of methoxy groups -OCH3 is 1. The van der Waals surface area contributed by atoms with Gasteiger partial charge in [-0.25, -0.2) is 9.78 Å². The second-order valence-corrected chi connectivity index (χ2v) is 8.38. The number of hydrogen-bond donors (Lipinski definition) is 1. The Morgan fingerprint density at radius 3 is 2.56 bits per heavy atom. The van der Waals surface area contributed by atoms with Crippen LogP contribution in [0.4, 0.5) is 0 Å². The molecular weight excluding hydrogens is 448 g/mol. The highest BCUT2D eigenvalue weighted by atomic mass is 35.5. The van der Waals surface area contributed by atoms with Crippen LogP contribution in [0.2, 0.25) is 0 Å². The van der Waals surface area contributed by atoms with Gasteiger partial charge in [0.05, 0.1) is 17.5 Å². The van der Waals surface area contributed by atoms with Gasteiger partial charge in [0.15, 0.2) is 5.82 Å². The van der Waals surface area contributed by atoms with Gasteiger partial charge in [0, 0.05) is 0 Å². The Hall–Kier alpha value is -3.42. The Bertz CT molecular complexity index is 1360. The Morgan fingerprint density at radius 2 is 1.88 bits per heavy atom. The first-order chi connectivity index (χ1) is 15.5. The summed E-state index contributed by atoms with van der Waals surface area (Å²) in [5.41, 5.74) is 2.10. The van der Waals surface area contributed by atoms with Crippen LogP contribution in [0.5, 0.6) is 5.75 Å². The molecule has 4 rings (SSSR count). The van der Waals surface area contributed by atoms with Crippen molar-refractivity contribution in [3.8, 4) is 5.75 Å². The molecule has 0 radical (unpaired) electrons. The van der Waals surface area contributed by atoms with Crippen molar-refractivity contribution in [1.29, 1.82) is 0 Å². The van der Waals surface area contributed by atoms with Gasteiger partial charge in [-0.15, -0.1) is 11.3 Å². The fourth-order valence-corrected chi connectivity index (χ4v) is 4.48. The third-order valence-corrected chi connectivity index (χ3v) is 6.27. The maximum atomic E-state index is 12.6. The van der Waals surface area contributed by atoms with Gasteiger partial charge in [0.25, 0.3) is 5.56 Å². The molecule has 0 aliphatic carbocycles. The van der Waals surface area contributed by atoms with Crippen LogP contribution >= 0.6 is 22.9 Å². The van der Waals surface area contributed by atoms with Gasteiger partial charge in [0.2, 0.25) is 0 Å². The van der Waals surface area contributed by atoms with Crippen molar-refractivity contribution in [3.05, 3.63) is 92.3 Å². The number of thiophene rings is 1. The zero-order valence-corrected chi connectivity index (χ0v) is 18.9. The lowest BCUT2D eigenvalue weighted by Crippen LogP contribution is -2.10. The van der Waals surface area contributed by atoms with Crippen molar-refractivity contribution in [1.82, 2.24) is 9.97 Å². The summed E-state index contributed by atoms with van der Waals surface area (Å²) in [5.74, 6) is 0.466. The largest absolute Gasteiger partial charge is 0.489 e. The van der Waals surface area contributed by atoms with Crippen LogP contribution in [0, 0.1) is 6.92 Å². The van der Waals surface area contributed by atoms with E-state index in [9.17, 15) is 9.59 Å². The second-order valence-electron chi connectivity index (χ2n) is 6.98. The third-order valence-electron chi connectivity index (χ3n) is 4.82. The molecule has 8 heteroatoms. The smallest absolute Gasteiger partial charge is 0.348 e. The Labute approximate surface area is 193 Å². The zero-order chi connectivity index (χ0) is 22.7. The number of carbonyl (C=O) groups is 1. The Kier molecular flexibility index (Phi) is 6.39. The highest BCUT2D eigenvalue weighted by Crippen LogP contribution is 2.29. The molecule has 0 amide bonds. The monoisotopic (exact) mass is 466 g/mol. The van der Waals surface area contributed by atoms with Gasteiger partial charge >= 0.3 is 5.97 Å². The van der Waals surface area contributed by atoms with Crippen LogP contribution in [0.15, 0.2) is 59.4 Å². The fraction of sp³-hybridized carbons (Fsp3) is 0.125. The van der Waals surface area contributed by atoms with Crippen molar-refractivity contribution >= 4 is 50.2 Å². The van der Waals surface area contributed by atoms with Gasteiger partial charge < -0.3 is 14.5 Å². The predicted octanol–water partition coefficient (Wildman–Crippen LogP) is 5.40. The quantitative estimate of drug-likeness (QED) is 0.385. The number of aryl methyl sites for hydroxylation is 1. The third kappa shape index (κ3) is 4.59. The summed E-state index contributed by atoms with van der Waals surface area (Å²) in [6.07, 6.45) is 1.70. The summed E-state index contributed by atoms with van der Waals surface area (Å²) in [6.45, 7) is 2.18. The van der Waals surface area contributed by atoms with Crippen LogP contribution in [-0.2, 0) is 11.3 Å². The number of nitrogens with one attached hydrogen (secondary N) is 1. The number of nitrogens with zero attached hydrogens (tertiary/aromatic N) is 1. The normalized spacial score (nSPS) is 11.5. The molecule has 2 aromatic carbocycles. The molecule has 2 aromatic heterocycles. The molecule has 0 aliphatic rings. The predicted molar refractivity (Wildman–Crippen MR) is 127 cm³/mol. The highest BCUT2D eigenvalue weighted by molar-refractivity contribution is 7.20. The summed E-state index contributed by atoms with van der Waals surface area (Å²) in [7, 11) is 1.30. The second kappa shape index (κ2) is 9.38. The molecule has 0 atom stereocenters. The van der Waals surface area contributed by atoms with E-state index in [1.807, 2.05) is 54.6 Å². The first-order valence-corrected chi connectivity index (χ1v) is 10.9. The topological polar surface area (TPSA) is 81.3 Å². The molecule has 1 N–H and O–H groups in total. The summed E-state index contributed by atoms with van der Waals surface area (Å²) in [5, 5.41) is 0.635. The SMILES string of the molecule is COC(=O)c1sc2nc(/C(Cl)=C/c3ccc(OCc4ccccc4)cc3)[nH]c(=O)c2c1C. The average molecular weight is 467 g/mol. The van der Waals surface area contributed by atoms with E-state index in [1.54, 1.807) is 13.0 Å². The van der Waals surface area contributed by atoms with Crippen LogP contribution in [0.25, 0.3) is 21.3 Å². The lowest BCUT2D eigenvalue weighted by atomic mass is 10.2. The molecule has 162 valence electrons. The van der Waals surface area contributed by atoms with Crippen LogP contribution in [0.1, 0.15) is 32.2 Å². The van der Waals surface area contributed by atoms with E-state index in [1.165, 1.54) is 7.11 Å². The van der Waals surface area contributed by atoms with E-state index in [2.05, 4.69) is 9.97 Å². The Balaban J connectivity index is 1.55. The minimum absolute atomic E-state index is 0.228. The van der Waals surface area contributed by atoms with E-state index in [0.717, 1.165) is 28.2 Å².